The minimum atomic E-state index is -0.664. The van der Waals surface area contributed by atoms with Gasteiger partial charge in [-0.15, -0.1) is 0 Å². The van der Waals surface area contributed by atoms with Gasteiger partial charge in [0.2, 0.25) is 5.91 Å². The third-order valence-corrected chi connectivity index (χ3v) is 4.51. The molecule has 1 fully saturated rings. The van der Waals surface area contributed by atoms with Crippen molar-refractivity contribution in [1.29, 1.82) is 0 Å². The molecule has 0 spiro atoms. The number of rotatable bonds is 6. The van der Waals surface area contributed by atoms with Crippen LogP contribution in [0.25, 0.3) is 0 Å². The smallest absolute Gasteiger partial charge is 0.266 e. The van der Waals surface area contributed by atoms with Crippen LogP contribution in [0.4, 0.5) is 0 Å². The Morgan fingerprint density at radius 2 is 2.00 bits per heavy atom. The predicted octanol–water partition coefficient (Wildman–Crippen LogP) is 2.78. The fraction of sp³-hybridized carbons (Fsp3) is 0.556. The number of amides is 1. The van der Waals surface area contributed by atoms with E-state index in [0.717, 1.165) is 5.56 Å². The van der Waals surface area contributed by atoms with Crippen LogP contribution in [-0.4, -0.2) is 39.8 Å². The third kappa shape index (κ3) is 4.52. The SMILES string of the molecule is CC(C)C[C@H](O)[C@@H](C)C(=O)N1C(=S)OC[C@@H]1Cc1ccccc1. The van der Waals surface area contributed by atoms with E-state index in [2.05, 4.69) is 0 Å². The molecule has 5 heteroatoms. The van der Waals surface area contributed by atoms with E-state index in [1.54, 1.807) is 11.8 Å². The average Bonchev–Trinajstić information content (AvgIpc) is 2.86. The van der Waals surface area contributed by atoms with Crippen molar-refractivity contribution in [3.63, 3.8) is 0 Å². The van der Waals surface area contributed by atoms with Crippen molar-refractivity contribution in [1.82, 2.24) is 4.90 Å². The molecule has 0 unspecified atom stereocenters. The topological polar surface area (TPSA) is 49.8 Å². The number of benzene rings is 1. The Labute approximate surface area is 143 Å². The lowest BCUT2D eigenvalue weighted by Gasteiger charge is -2.27. The van der Waals surface area contributed by atoms with Crippen LogP contribution in [0.1, 0.15) is 32.8 Å². The zero-order valence-corrected chi connectivity index (χ0v) is 14.8. The number of hydrogen-bond acceptors (Lipinski definition) is 4. The lowest BCUT2D eigenvalue weighted by atomic mass is 9.94. The highest BCUT2D eigenvalue weighted by Crippen LogP contribution is 2.23. The summed E-state index contributed by atoms with van der Waals surface area (Å²) in [5.41, 5.74) is 1.14. The second kappa shape index (κ2) is 7.88. The molecule has 1 aromatic rings. The van der Waals surface area contributed by atoms with E-state index < -0.39 is 12.0 Å². The van der Waals surface area contributed by atoms with Crippen molar-refractivity contribution in [2.75, 3.05) is 6.61 Å². The van der Waals surface area contributed by atoms with Crippen LogP contribution in [0.3, 0.4) is 0 Å². The molecule has 1 N–H and O–H groups in total. The number of ether oxygens (including phenoxy) is 1. The number of nitrogens with zero attached hydrogens (tertiary/aromatic N) is 1. The summed E-state index contributed by atoms with van der Waals surface area (Å²) < 4.78 is 5.44. The van der Waals surface area contributed by atoms with Gasteiger partial charge in [0.1, 0.15) is 6.61 Å². The highest BCUT2D eigenvalue weighted by Gasteiger charge is 2.38. The van der Waals surface area contributed by atoms with Gasteiger partial charge in [0.05, 0.1) is 18.1 Å². The Bertz CT molecular complexity index is 546. The first-order valence-corrected chi connectivity index (χ1v) is 8.52. The van der Waals surface area contributed by atoms with Gasteiger partial charge < -0.3 is 9.84 Å². The molecule has 0 radical (unpaired) electrons. The normalized spacial score (nSPS) is 20.5. The van der Waals surface area contributed by atoms with E-state index in [1.165, 1.54) is 0 Å². The number of carbonyl (C=O) groups is 1. The summed E-state index contributed by atoms with van der Waals surface area (Å²) in [5.74, 6) is -0.306. The number of hydrogen-bond donors (Lipinski definition) is 1. The molecule has 4 nitrogen and oxygen atoms in total. The summed E-state index contributed by atoms with van der Waals surface area (Å²) >= 11 is 5.20. The minimum Gasteiger partial charge on any atom is -0.468 e. The number of thiocarbonyl (C=S) groups is 1. The molecule has 1 amide bonds. The standard InChI is InChI=1S/C18H25NO3S/c1-12(2)9-16(20)13(3)17(21)19-15(11-22-18(19)23)10-14-7-5-4-6-8-14/h4-8,12-13,15-16,20H,9-11H2,1-3H3/t13-,15+,16+/m1/s1. The second-order valence-corrected chi connectivity index (χ2v) is 6.96. The maximum atomic E-state index is 12.8. The van der Waals surface area contributed by atoms with E-state index in [9.17, 15) is 9.90 Å². The first kappa shape index (κ1) is 17.9. The Balaban J connectivity index is 2.08. The van der Waals surface area contributed by atoms with Crippen LogP contribution in [0.2, 0.25) is 0 Å². The number of carbonyl (C=O) groups excluding carboxylic acids is 1. The molecule has 126 valence electrons. The van der Waals surface area contributed by atoms with Crippen molar-refractivity contribution in [3.8, 4) is 0 Å². The van der Waals surface area contributed by atoms with Crippen LogP contribution in [0.15, 0.2) is 30.3 Å². The quantitative estimate of drug-likeness (QED) is 0.812. The Morgan fingerprint density at radius 3 is 2.61 bits per heavy atom. The van der Waals surface area contributed by atoms with Gasteiger partial charge in [0.25, 0.3) is 5.17 Å². The van der Waals surface area contributed by atoms with Crippen LogP contribution >= 0.6 is 12.2 Å². The largest absolute Gasteiger partial charge is 0.468 e. The van der Waals surface area contributed by atoms with Crippen LogP contribution in [-0.2, 0) is 16.0 Å². The molecule has 0 aromatic heterocycles. The third-order valence-electron chi connectivity index (χ3n) is 4.19. The Morgan fingerprint density at radius 1 is 1.35 bits per heavy atom. The van der Waals surface area contributed by atoms with E-state index in [1.807, 2.05) is 44.2 Å². The number of aliphatic hydroxyl groups excluding tert-OH is 1. The fourth-order valence-corrected chi connectivity index (χ4v) is 3.15. The summed E-state index contributed by atoms with van der Waals surface area (Å²) in [4.78, 5) is 14.3. The van der Waals surface area contributed by atoms with Gasteiger partial charge in [-0.25, -0.2) is 0 Å². The van der Waals surface area contributed by atoms with Crippen LogP contribution in [0, 0.1) is 11.8 Å². The molecule has 1 saturated heterocycles. The van der Waals surface area contributed by atoms with E-state index in [-0.39, 0.29) is 17.1 Å². The van der Waals surface area contributed by atoms with Gasteiger partial charge in [-0.05, 0) is 36.5 Å². The van der Waals surface area contributed by atoms with Gasteiger partial charge in [0, 0.05) is 0 Å². The zero-order chi connectivity index (χ0) is 17.0. The molecule has 1 aliphatic heterocycles. The molecule has 1 heterocycles. The summed E-state index contributed by atoms with van der Waals surface area (Å²) in [6.07, 6.45) is 0.625. The fourth-order valence-electron chi connectivity index (χ4n) is 2.84. The van der Waals surface area contributed by atoms with Gasteiger partial charge in [-0.1, -0.05) is 51.1 Å². The maximum absolute atomic E-state index is 12.8. The van der Waals surface area contributed by atoms with Crippen molar-refractivity contribution >= 4 is 23.3 Å². The Hall–Kier alpha value is -1.46. The molecule has 0 saturated carbocycles. The highest BCUT2D eigenvalue weighted by atomic mass is 32.1. The summed E-state index contributed by atoms with van der Waals surface area (Å²) in [7, 11) is 0. The molecule has 3 atom stereocenters. The van der Waals surface area contributed by atoms with Gasteiger partial charge in [-0.3, -0.25) is 9.69 Å². The van der Waals surface area contributed by atoms with Crippen molar-refractivity contribution in [3.05, 3.63) is 35.9 Å². The lowest BCUT2D eigenvalue weighted by Crippen LogP contribution is -2.45. The molecule has 0 aliphatic carbocycles. The molecular weight excluding hydrogens is 310 g/mol. The van der Waals surface area contributed by atoms with Gasteiger partial charge >= 0.3 is 0 Å². The molecule has 1 aliphatic rings. The molecule has 1 aromatic carbocycles. The summed E-state index contributed by atoms with van der Waals surface area (Å²) in [6.45, 7) is 6.23. The molecular formula is C18H25NO3S. The van der Waals surface area contributed by atoms with Crippen molar-refractivity contribution in [2.24, 2.45) is 11.8 Å². The maximum Gasteiger partial charge on any atom is 0.266 e. The number of aliphatic hydroxyl groups is 1. The molecule has 0 bridgehead atoms. The van der Waals surface area contributed by atoms with Crippen LogP contribution in [0.5, 0.6) is 0 Å². The summed E-state index contributed by atoms with van der Waals surface area (Å²) in [5, 5.41) is 10.5. The summed E-state index contributed by atoms with van der Waals surface area (Å²) in [6, 6.07) is 9.87. The van der Waals surface area contributed by atoms with Gasteiger partial charge in [-0.2, -0.15) is 0 Å². The van der Waals surface area contributed by atoms with Crippen molar-refractivity contribution < 1.29 is 14.6 Å². The predicted molar refractivity (Wildman–Crippen MR) is 94.0 cm³/mol. The van der Waals surface area contributed by atoms with Crippen molar-refractivity contribution in [2.45, 2.75) is 45.8 Å². The Kier molecular flexibility index (Phi) is 6.13. The molecule has 23 heavy (non-hydrogen) atoms. The monoisotopic (exact) mass is 335 g/mol. The van der Waals surface area contributed by atoms with Crippen LogP contribution < -0.4 is 0 Å². The first-order chi connectivity index (χ1) is 10.9. The van der Waals surface area contributed by atoms with E-state index in [4.69, 9.17) is 17.0 Å². The zero-order valence-electron chi connectivity index (χ0n) is 13.9. The lowest BCUT2D eigenvalue weighted by molar-refractivity contribution is -0.135. The first-order valence-electron chi connectivity index (χ1n) is 8.12. The van der Waals surface area contributed by atoms with E-state index in [0.29, 0.717) is 25.4 Å². The molecule has 2 rings (SSSR count). The average molecular weight is 335 g/mol. The minimum absolute atomic E-state index is 0.105. The second-order valence-electron chi connectivity index (χ2n) is 6.61. The van der Waals surface area contributed by atoms with E-state index >= 15 is 0 Å². The highest BCUT2D eigenvalue weighted by molar-refractivity contribution is 7.80. The van der Waals surface area contributed by atoms with Gasteiger partial charge in [0.15, 0.2) is 0 Å².